The summed E-state index contributed by atoms with van der Waals surface area (Å²) in [7, 11) is 0. The molecule has 11 heteroatoms. The van der Waals surface area contributed by atoms with E-state index in [0.29, 0.717) is 31.7 Å². The van der Waals surface area contributed by atoms with Crippen LogP contribution in [0.4, 0.5) is 19.1 Å². The number of ether oxygens (including phenoxy) is 1. The summed E-state index contributed by atoms with van der Waals surface area (Å²) >= 11 is 0. The fourth-order valence-electron chi connectivity index (χ4n) is 3.81. The van der Waals surface area contributed by atoms with Gasteiger partial charge in [-0.1, -0.05) is 18.2 Å². The van der Waals surface area contributed by atoms with Crippen LogP contribution >= 0.6 is 0 Å². The summed E-state index contributed by atoms with van der Waals surface area (Å²) in [6.07, 6.45) is -3.88. The van der Waals surface area contributed by atoms with E-state index in [2.05, 4.69) is 15.4 Å². The highest BCUT2D eigenvalue weighted by molar-refractivity contribution is 6.02. The molecule has 0 saturated carbocycles. The average Bonchev–Trinajstić information content (AvgIpc) is 3.18. The van der Waals surface area contributed by atoms with Crippen molar-refractivity contribution in [2.75, 3.05) is 18.5 Å². The third kappa shape index (κ3) is 5.30. The van der Waals surface area contributed by atoms with Crippen LogP contribution in [0.5, 0.6) is 0 Å². The molecule has 0 aliphatic rings. The third-order valence-electron chi connectivity index (χ3n) is 5.49. The van der Waals surface area contributed by atoms with E-state index < -0.39 is 28.8 Å². The van der Waals surface area contributed by atoms with Crippen LogP contribution in [0.3, 0.4) is 0 Å². The van der Waals surface area contributed by atoms with Crippen molar-refractivity contribution in [3.8, 4) is 5.69 Å². The summed E-state index contributed by atoms with van der Waals surface area (Å²) in [5, 5.41) is 6.75. The first-order valence-electron chi connectivity index (χ1n) is 11.3. The number of para-hydroxylation sites is 2. The minimum Gasteiger partial charge on any atom is -0.382 e. The van der Waals surface area contributed by atoms with Gasteiger partial charge in [-0.2, -0.15) is 18.3 Å². The largest absolute Gasteiger partial charge is 0.416 e. The van der Waals surface area contributed by atoms with Crippen molar-refractivity contribution in [1.82, 2.24) is 19.3 Å². The van der Waals surface area contributed by atoms with Gasteiger partial charge in [-0.3, -0.25) is 14.9 Å². The number of anilines is 1. The molecule has 2 heterocycles. The van der Waals surface area contributed by atoms with Gasteiger partial charge < -0.3 is 9.30 Å². The second-order valence-corrected chi connectivity index (χ2v) is 8.04. The molecule has 0 aliphatic carbocycles. The zero-order valence-electron chi connectivity index (χ0n) is 19.7. The van der Waals surface area contributed by atoms with E-state index in [9.17, 15) is 22.8 Å². The molecule has 0 atom stereocenters. The molecule has 0 aliphatic heterocycles. The number of nitrogens with zero attached hydrogens (tertiary/aromatic N) is 4. The van der Waals surface area contributed by atoms with E-state index >= 15 is 0 Å². The summed E-state index contributed by atoms with van der Waals surface area (Å²) < 4.78 is 47.9. The maximum absolute atomic E-state index is 13.2. The minimum absolute atomic E-state index is 0.0690. The number of aromatic nitrogens is 4. The molecule has 36 heavy (non-hydrogen) atoms. The van der Waals surface area contributed by atoms with Crippen molar-refractivity contribution >= 4 is 22.9 Å². The summed E-state index contributed by atoms with van der Waals surface area (Å²) in [5.41, 5.74) is -0.201. The highest BCUT2D eigenvalue weighted by Crippen LogP contribution is 2.30. The summed E-state index contributed by atoms with van der Waals surface area (Å²) in [5.74, 6) is -0.591. The molecule has 0 fully saturated rings. The van der Waals surface area contributed by atoms with Gasteiger partial charge in [-0.15, -0.1) is 0 Å². The monoisotopic (exact) mass is 499 g/mol. The van der Waals surface area contributed by atoms with Crippen LogP contribution in [-0.2, 0) is 17.5 Å². The van der Waals surface area contributed by atoms with E-state index in [1.807, 2.05) is 29.7 Å². The fraction of sp³-hybridized carbons (Fsp3) is 0.280. The molecule has 1 amide bonds. The molecular weight excluding hydrogens is 475 g/mol. The molecule has 8 nitrogen and oxygen atoms in total. The number of rotatable bonds is 8. The lowest BCUT2D eigenvalue weighted by molar-refractivity contribution is -0.137. The Bertz CT molecular complexity index is 1460. The smallest absolute Gasteiger partial charge is 0.382 e. The SMILES string of the molecule is CCOCCCn1c(NC(=O)c2nn(-c3cccc(C(F)(F)F)c3)c(C)cc2=O)nc2ccccc21. The molecule has 2 aromatic carbocycles. The Morgan fingerprint density at radius 1 is 1.11 bits per heavy atom. The number of fused-ring (bicyclic) bond motifs is 1. The van der Waals surface area contributed by atoms with Gasteiger partial charge >= 0.3 is 6.18 Å². The first-order chi connectivity index (χ1) is 17.2. The first kappa shape index (κ1) is 25.1. The predicted octanol–water partition coefficient (Wildman–Crippen LogP) is 4.59. The van der Waals surface area contributed by atoms with Crippen LogP contribution in [0.15, 0.2) is 59.4 Å². The number of nitrogens with one attached hydrogen (secondary N) is 1. The van der Waals surface area contributed by atoms with Crippen molar-refractivity contribution in [1.29, 1.82) is 0 Å². The van der Waals surface area contributed by atoms with Crippen LogP contribution in [-0.4, -0.2) is 38.5 Å². The Morgan fingerprint density at radius 3 is 2.64 bits per heavy atom. The van der Waals surface area contributed by atoms with E-state index in [-0.39, 0.29) is 17.3 Å². The first-order valence-corrected chi connectivity index (χ1v) is 11.3. The molecule has 4 rings (SSSR count). The van der Waals surface area contributed by atoms with Crippen molar-refractivity contribution in [3.63, 3.8) is 0 Å². The number of alkyl halides is 3. The maximum Gasteiger partial charge on any atom is 0.416 e. The zero-order valence-corrected chi connectivity index (χ0v) is 19.7. The topological polar surface area (TPSA) is 91.0 Å². The number of halogens is 3. The van der Waals surface area contributed by atoms with E-state index in [4.69, 9.17) is 4.74 Å². The highest BCUT2D eigenvalue weighted by Gasteiger charge is 2.30. The second kappa shape index (κ2) is 10.3. The number of hydrogen-bond acceptors (Lipinski definition) is 5. The highest BCUT2D eigenvalue weighted by atomic mass is 19.4. The van der Waals surface area contributed by atoms with Crippen LogP contribution in [0, 0.1) is 6.92 Å². The molecular formula is C25H24F3N5O3. The normalized spacial score (nSPS) is 11.7. The number of carbonyl (C=O) groups excluding carboxylic acids is 1. The summed E-state index contributed by atoms with van der Waals surface area (Å²) in [6, 6.07) is 13.0. The Kier molecular flexibility index (Phi) is 7.20. The molecule has 0 radical (unpaired) electrons. The lowest BCUT2D eigenvalue weighted by Gasteiger charge is -2.14. The molecule has 4 aromatic rings. The quantitative estimate of drug-likeness (QED) is 0.358. The molecule has 0 bridgehead atoms. The minimum atomic E-state index is -4.55. The summed E-state index contributed by atoms with van der Waals surface area (Å²) in [4.78, 5) is 30.2. The van der Waals surface area contributed by atoms with Crippen LogP contribution in [0.25, 0.3) is 16.7 Å². The maximum atomic E-state index is 13.2. The van der Waals surface area contributed by atoms with Crippen LogP contribution in [0.1, 0.15) is 35.1 Å². The Labute approximate surface area is 204 Å². The van der Waals surface area contributed by atoms with Crippen molar-refractivity contribution in [2.24, 2.45) is 0 Å². The number of amides is 1. The average molecular weight is 499 g/mol. The number of carbonyl (C=O) groups is 1. The van der Waals surface area contributed by atoms with Crippen LogP contribution in [0.2, 0.25) is 0 Å². The number of hydrogen-bond donors (Lipinski definition) is 1. The number of aryl methyl sites for hydroxylation is 2. The Hall–Kier alpha value is -3.99. The number of imidazole rings is 1. The van der Waals surface area contributed by atoms with Crippen molar-refractivity contribution in [2.45, 2.75) is 33.0 Å². The van der Waals surface area contributed by atoms with Crippen molar-refractivity contribution < 1.29 is 22.7 Å². The van der Waals surface area contributed by atoms with E-state index in [1.54, 1.807) is 6.07 Å². The van der Waals surface area contributed by atoms with Gasteiger partial charge in [0.2, 0.25) is 11.4 Å². The van der Waals surface area contributed by atoms with E-state index in [0.717, 1.165) is 28.4 Å². The Morgan fingerprint density at radius 2 is 1.89 bits per heavy atom. The molecule has 188 valence electrons. The van der Waals surface area contributed by atoms with E-state index in [1.165, 1.54) is 19.1 Å². The van der Waals surface area contributed by atoms with Gasteiger partial charge in [0.05, 0.1) is 22.3 Å². The van der Waals surface area contributed by atoms with Gasteiger partial charge in [0.25, 0.3) is 5.91 Å². The predicted molar refractivity (Wildman–Crippen MR) is 128 cm³/mol. The molecule has 0 spiro atoms. The zero-order chi connectivity index (χ0) is 25.9. The third-order valence-corrected chi connectivity index (χ3v) is 5.49. The van der Waals surface area contributed by atoms with Crippen LogP contribution < -0.4 is 10.7 Å². The van der Waals surface area contributed by atoms with Gasteiger partial charge in [0, 0.05) is 31.5 Å². The lowest BCUT2D eigenvalue weighted by atomic mass is 10.2. The van der Waals surface area contributed by atoms with Gasteiger partial charge in [-0.25, -0.2) is 9.67 Å². The second-order valence-electron chi connectivity index (χ2n) is 8.04. The lowest BCUT2D eigenvalue weighted by Crippen LogP contribution is -2.28. The molecule has 0 unspecified atom stereocenters. The number of benzene rings is 2. The van der Waals surface area contributed by atoms with Gasteiger partial charge in [-0.05, 0) is 50.6 Å². The fourth-order valence-corrected chi connectivity index (χ4v) is 3.81. The Balaban J connectivity index is 1.68. The van der Waals surface area contributed by atoms with Crippen molar-refractivity contribution in [3.05, 3.63) is 81.8 Å². The van der Waals surface area contributed by atoms with Gasteiger partial charge in [0.1, 0.15) is 0 Å². The van der Waals surface area contributed by atoms with Gasteiger partial charge in [0.15, 0.2) is 5.69 Å². The molecule has 1 N–H and O–H groups in total. The molecule has 0 saturated heterocycles. The standard InChI is InChI=1S/C25H24F3N5O3/c1-3-36-13-7-12-32-20-11-5-4-10-19(20)29-24(32)30-23(35)22-21(34)14-16(2)33(31-22)18-9-6-8-17(15-18)25(26,27)28/h4-6,8-11,14-15H,3,7,12-13H2,1-2H3,(H,29,30,35). The summed E-state index contributed by atoms with van der Waals surface area (Å²) in [6.45, 7) is 5.04. The molecule has 2 aromatic heterocycles.